The van der Waals surface area contributed by atoms with Gasteiger partial charge in [0.2, 0.25) is 0 Å². The zero-order chi connectivity index (χ0) is 18.1. The summed E-state index contributed by atoms with van der Waals surface area (Å²) in [5, 5.41) is 3.40. The van der Waals surface area contributed by atoms with Crippen molar-refractivity contribution in [2.45, 2.75) is 31.7 Å². The molecule has 4 atom stereocenters. The summed E-state index contributed by atoms with van der Waals surface area (Å²) in [5.41, 5.74) is 2.06. The molecule has 0 saturated heterocycles. The normalized spacial score (nSPS) is 29.7. The second kappa shape index (κ2) is 6.98. The molecule has 2 aromatic rings. The number of nitrogens with one attached hydrogen (secondary N) is 1. The van der Waals surface area contributed by atoms with Gasteiger partial charge in [-0.2, -0.15) is 0 Å². The molecule has 1 aliphatic heterocycles. The lowest BCUT2D eigenvalue weighted by molar-refractivity contribution is 0.256. The Hall–Kier alpha value is -2.56. The third-order valence-corrected chi connectivity index (χ3v) is 5.62. The lowest BCUT2D eigenvalue weighted by Gasteiger charge is -2.42. The number of nitrogens with zero attached hydrogens (tertiary/aromatic N) is 3. The summed E-state index contributed by atoms with van der Waals surface area (Å²) in [5.74, 6) is 2.65. The molecule has 1 aromatic carbocycles. The van der Waals surface area contributed by atoms with Crippen molar-refractivity contribution in [3.63, 3.8) is 0 Å². The van der Waals surface area contributed by atoms with Crippen molar-refractivity contribution >= 4 is 11.7 Å². The molecule has 5 heteroatoms. The fraction of sp³-hybridized carbons (Fsp3) is 0.381. The molecule has 134 valence electrons. The van der Waals surface area contributed by atoms with Crippen molar-refractivity contribution in [3.8, 4) is 0 Å². The van der Waals surface area contributed by atoms with Crippen molar-refractivity contribution in [3.05, 3.63) is 65.7 Å². The molecule has 1 saturated carbocycles. The first-order valence-corrected chi connectivity index (χ1v) is 9.13. The van der Waals surface area contributed by atoms with Crippen LogP contribution in [0, 0.1) is 17.7 Å². The second-order valence-electron chi connectivity index (χ2n) is 7.24. The summed E-state index contributed by atoms with van der Waals surface area (Å²) >= 11 is 0. The molecule has 26 heavy (non-hydrogen) atoms. The molecule has 1 aliphatic carbocycles. The minimum Gasteiger partial charge on any atom is -0.328 e. The van der Waals surface area contributed by atoms with Gasteiger partial charge in [-0.05, 0) is 54.5 Å². The maximum absolute atomic E-state index is 13.7. The predicted molar refractivity (Wildman–Crippen MR) is 102 cm³/mol. The minimum absolute atomic E-state index is 0.167. The number of aliphatic imine (C=N–C) groups is 2. The largest absolute Gasteiger partial charge is 0.328 e. The lowest BCUT2D eigenvalue weighted by Crippen LogP contribution is -2.49. The SMILES string of the molecule is CN=C1NC(c2cccnc2)=NC2CC(C)C(c3cccc(F)c3)CC12. The zero-order valence-electron chi connectivity index (χ0n) is 15.1. The van der Waals surface area contributed by atoms with Crippen molar-refractivity contribution in [2.24, 2.45) is 21.8 Å². The standard InChI is InChI=1S/C21H23FN4/c1-13-9-19-18(11-17(13)14-5-3-7-16(22)10-14)21(23-2)26-20(25-19)15-6-4-8-24-12-15/h3-8,10,12-13,17-19H,9,11H2,1-2H3,(H,23,25,26). The summed E-state index contributed by atoms with van der Waals surface area (Å²) in [4.78, 5) is 13.7. The zero-order valence-corrected chi connectivity index (χ0v) is 15.1. The van der Waals surface area contributed by atoms with Crippen molar-refractivity contribution in [1.82, 2.24) is 10.3 Å². The second-order valence-corrected chi connectivity index (χ2v) is 7.24. The first-order chi connectivity index (χ1) is 12.7. The van der Waals surface area contributed by atoms with E-state index in [1.807, 2.05) is 31.4 Å². The summed E-state index contributed by atoms with van der Waals surface area (Å²) in [6, 6.07) is 11.1. The van der Waals surface area contributed by atoms with Crippen LogP contribution in [-0.4, -0.2) is 29.7 Å². The number of aromatic nitrogens is 1. The quantitative estimate of drug-likeness (QED) is 0.896. The maximum atomic E-state index is 13.7. The molecule has 0 bridgehead atoms. The highest BCUT2D eigenvalue weighted by molar-refractivity contribution is 6.11. The van der Waals surface area contributed by atoms with Crippen LogP contribution >= 0.6 is 0 Å². The number of hydrogen-bond acceptors (Lipinski definition) is 3. The number of rotatable bonds is 2. The smallest absolute Gasteiger partial charge is 0.135 e. The van der Waals surface area contributed by atoms with Gasteiger partial charge in [-0.25, -0.2) is 4.39 Å². The van der Waals surface area contributed by atoms with Crippen LogP contribution in [0.5, 0.6) is 0 Å². The average molecular weight is 350 g/mol. The molecule has 0 radical (unpaired) electrons. The number of pyridine rings is 1. The number of benzene rings is 1. The van der Waals surface area contributed by atoms with Crippen LogP contribution < -0.4 is 5.32 Å². The van der Waals surface area contributed by atoms with Gasteiger partial charge in [0.05, 0.1) is 6.04 Å². The van der Waals surface area contributed by atoms with E-state index in [2.05, 4.69) is 22.2 Å². The van der Waals surface area contributed by atoms with Gasteiger partial charge in [0.25, 0.3) is 0 Å². The van der Waals surface area contributed by atoms with E-state index in [4.69, 9.17) is 4.99 Å². The van der Waals surface area contributed by atoms with Crippen LogP contribution in [0.1, 0.15) is 36.8 Å². The lowest BCUT2D eigenvalue weighted by atomic mass is 9.68. The van der Waals surface area contributed by atoms with Crippen molar-refractivity contribution < 1.29 is 4.39 Å². The van der Waals surface area contributed by atoms with Gasteiger partial charge in [-0.1, -0.05) is 19.1 Å². The third-order valence-electron chi connectivity index (χ3n) is 5.62. The van der Waals surface area contributed by atoms with Crippen LogP contribution in [0.25, 0.3) is 0 Å². The van der Waals surface area contributed by atoms with Crippen LogP contribution in [-0.2, 0) is 0 Å². The number of halogens is 1. The summed E-state index contributed by atoms with van der Waals surface area (Å²) in [6.07, 6.45) is 5.48. The highest BCUT2D eigenvalue weighted by atomic mass is 19.1. The Labute approximate surface area is 153 Å². The Morgan fingerprint density at radius 1 is 1.15 bits per heavy atom. The Morgan fingerprint density at radius 3 is 2.77 bits per heavy atom. The van der Waals surface area contributed by atoms with E-state index in [0.29, 0.717) is 11.8 Å². The Kier molecular flexibility index (Phi) is 4.53. The van der Waals surface area contributed by atoms with Gasteiger partial charge in [0.1, 0.15) is 17.5 Å². The third kappa shape index (κ3) is 3.14. The van der Waals surface area contributed by atoms with Crippen molar-refractivity contribution in [1.29, 1.82) is 0 Å². The van der Waals surface area contributed by atoms with E-state index in [-0.39, 0.29) is 17.8 Å². The van der Waals surface area contributed by atoms with Crippen LogP contribution in [0.4, 0.5) is 4.39 Å². The summed E-state index contributed by atoms with van der Waals surface area (Å²) < 4.78 is 13.7. The molecule has 4 rings (SSSR count). The van der Waals surface area contributed by atoms with Crippen LogP contribution in [0.2, 0.25) is 0 Å². The monoisotopic (exact) mass is 350 g/mol. The van der Waals surface area contributed by atoms with E-state index in [1.54, 1.807) is 18.3 Å². The molecule has 1 N–H and O–H groups in total. The van der Waals surface area contributed by atoms with Gasteiger partial charge in [0.15, 0.2) is 0 Å². The van der Waals surface area contributed by atoms with E-state index in [9.17, 15) is 4.39 Å². The average Bonchev–Trinajstić information content (AvgIpc) is 2.67. The molecule has 0 spiro atoms. The molecular formula is C21H23FN4. The summed E-state index contributed by atoms with van der Waals surface area (Å²) in [7, 11) is 1.82. The fourth-order valence-electron chi connectivity index (χ4n) is 4.29. The van der Waals surface area contributed by atoms with E-state index < -0.39 is 0 Å². The molecule has 4 nitrogen and oxygen atoms in total. The van der Waals surface area contributed by atoms with Gasteiger partial charge in [0, 0.05) is 30.9 Å². The summed E-state index contributed by atoms with van der Waals surface area (Å²) in [6.45, 7) is 2.25. The number of hydrogen-bond donors (Lipinski definition) is 1. The molecule has 1 aromatic heterocycles. The first kappa shape index (κ1) is 16.9. The number of amidine groups is 2. The topological polar surface area (TPSA) is 49.6 Å². The Morgan fingerprint density at radius 2 is 2.04 bits per heavy atom. The van der Waals surface area contributed by atoms with Gasteiger partial charge in [-0.15, -0.1) is 0 Å². The molecule has 1 fully saturated rings. The molecule has 2 aliphatic rings. The van der Waals surface area contributed by atoms with E-state index in [0.717, 1.165) is 35.6 Å². The van der Waals surface area contributed by atoms with Gasteiger partial charge in [-0.3, -0.25) is 15.0 Å². The molecule has 4 unspecified atom stereocenters. The van der Waals surface area contributed by atoms with Crippen molar-refractivity contribution in [2.75, 3.05) is 7.05 Å². The minimum atomic E-state index is -0.167. The molecule has 0 amide bonds. The highest BCUT2D eigenvalue weighted by Crippen LogP contribution is 2.43. The molecule has 2 heterocycles. The van der Waals surface area contributed by atoms with E-state index in [1.165, 1.54) is 6.07 Å². The molecular weight excluding hydrogens is 327 g/mol. The maximum Gasteiger partial charge on any atom is 0.135 e. The fourth-order valence-corrected chi connectivity index (χ4v) is 4.29. The predicted octanol–water partition coefficient (Wildman–Crippen LogP) is 3.80. The highest BCUT2D eigenvalue weighted by Gasteiger charge is 2.40. The van der Waals surface area contributed by atoms with E-state index >= 15 is 0 Å². The van der Waals surface area contributed by atoms with Crippen LogP contribution in [0.15, 0.2) is 58.8 Å². The first-order valence-electron chi connectivity index (χ1n) is 9.13. The van der Waals surface area contributed by atoms with Crippen LogP contribution in [0.3, 0.4) is 0 Å². The van der Waals surface area contributed by atoms with Gasteiger partial charge >= 0.3 is 0 Å². The number of fused-ring (bicyclic) bond motifs is 1. The van der Waals surface area contributed by atoms with Gasteiger partial charge < -0.3 is 5.32 Å². The Bertz CT molecular complexity index is 846. The Balaban J connectivity index is 1.65.